The van der Waals surface area contributed by atoms with Crippen LogP contribution >= 0.6 is 11.3 Å². The van der Waals surface area contributed by atoms with Crippen LogP contribution in [0.3, 0.4) is 0 Å². The van der Waals surface area contributed by atoms with Crippen molar-refractivity contribution < 1.29 is 17.8 Å². The highest BCUT2D eigenvalue weighted by Crippen LogP contribution is 2.64. The van der Waals surface area contributed by atoms with E-state index in [1.54, 1.807) is 0 Å². The second-order valence-electron chi connectivity index (χ2n) is 7.49. The molecule has 1 aromatic rings. The van der Waals surface area contributed by atoms with Crippen molar-refractivity contribution in [2.45, 2.75) is 53.9 Å². The van der Waals surface area contributed by atoms with E-state index in [-0.39, 0.29) is 17.1 Å². The van der Waals surface area contributed by atoms with Gasteiger partial charge in [0.05, 0.1) is 11.2 Å². The quantitative estimate of drug-likeness (QED) is 0.813. The molecular weight excluding hydrogens is 332 g/mol. The number of rotatable bonds is 2. The minimum Gasteiger partial charge on any atom is -0.299 e. The minimum atomic E-state index is -4.08. The highest BCUT2D eigenvalue weighted by Gasteiger charge is 2.65. The van der Waals surface area contributed by atoms with E-state index in [9.17, 15) is 13.2 Å². The Balaban J connectivity index is 0.000000203. The summed E-state index contributed by atoms with van der Waals surface area (Å²) < 4.78 is 31.0. The summed E-state index contributed by atoms with van der Waals surface area (Å²) in [6, 6.07) is 0. The zero-order chi connectivity index (χ0) is 17.6. The molecule has 0 saturated heterocycles. The van der Waals surface area contributed by atoms with Gasteiger partial charge in [0.2, 0.25) is 0 Å². The molecule has 2 bridgehead atoms. The zero-order valence-electron chi connectivity index (χ0n) is 14.5. The summed E-state index contributed by atoms with van der Waals surface area (Å²) in [7, 11) is -4.08. The number of thiophene rings is 1. The molecule has 3 rings (SSSR count). The third-order valence-electron chi connectivity index (χ3n) is 6.10. The molecule has 1 heterocycles. The van der Waals surface area contributed by atoms with E-state index < -0.39 is 21.3 Å². The molecule has 0 aliphatic heterocycles. The molecule has 6 heteroatoms. The molecule has 2 fully saturated rings. The van der Waals surface area contributed by atoms with Crippen LogP contribution in [-0.2, 0) is 14.9 Å². The van der Waals surface area contributed by atoms with Crippen molar-refractivity contribution in [1.29, 1.82) is 0 Å². The molecule has 0 aromatic carbocycles. The van der Waals surface area contributed by atoms with Crippen LogP contribution in [0.4, 0.5) is 0 Å². The standard InChI is InChI=1S/C10H16O4S.C7H10S/c1-9(2)7-3-4-10(9,8(11)5-7)6-15(12,13)14;1-5-4-8-7(3)6(5)2/h7H,3-6H2,1-2H3,(H,12,13,14);4H,1-3H3. The first-order valence-corrected chi connectivity index (χ1v) is 10.4. The Bertz CT molecular complexity index is 695. The lowest BCUT2D eigenvalue weighted by Crippen LogP contribution is -2.42. The van der Waals surface area contributed by atoms with Crippen LogP contribution in [0.15, 0.2) is 5.38 Å². The van der Waals surface area contributed by atoms with Gasteiger partial charge in [-0.1, -0.05) is 13.8 Å². The molecule has 0 amide bonds. The van der Waals surface area contributed by atoms with Crippen LogP contribution < -0.4 is 0 Å². The van der Waals surface area contributed by atoms with Crippen molar-refractivity contribution in [1.82, 2.24) is 0 Å². The minimum absolute atomic E-state index is 0.0152. The number of ketones is 1. The van der Waals surface area contributed by atoms with E-state index in [0.29, 0.717) is 12.8 Å². The molecule has 2 unspecified atom stereocenters. The molecule has 2 aliphatic carbocycles. The van der Waals surface area contributed by atoms with Gasteiger partial charge in [-0.15, -0.1) is 11.3 Å². The SMILES string of the molecule is CC1(C)C2CCC1(CS(=O)(=O)O)C(=O)C2.Cc1csc(C)c1C. The zero-order valence-corrected chi connectivity index (χ0v) is 16.1. The van der Waals surface area contributed by atoms with Gasteiger partial charge in [-0.3, -0.25) is 9.35 Å². The predicted octanol–water partition coefficient (Wildman–Crippen LogP) is 3.94. The first kappa shape index (κ1) is 18.6. The summed E-state index contributed by atoms with van der Waals surface area (Å²) in [5.41, 5.74) is 1.76. The Labute approximate surface area is 143 Å². The third-order valence-corrected chi connectivity index (χ3v) is 8.09. The van der Waals surface area contributed by atoms with Crippen molar-refractivity contribution in [3.05, 3.63) is 21.4 Å². The number of aryl methyl sites for hydroxylation is 2. The Morgan fingerprint density at radius 1 is 1.30 bits per heavy atom. The molecule has 130 valence electrons. The van der Waals surface area contributed by atoms with Crippen molar-refractivity contribution in [2.24, 2.45) is 16.7 Å². The molecule has 0 radical (unpaired) electrons. The normalized spacial score (nSPS) is 28.6. The number of Topliss-reactive ketones (excluding diaryl/α,β-unsaturated/α-hetero) is 1. The van der Waals surface area contributed by atoms with Gasteiger partial charge in [-0.05, 0) is 61.5 Å². The summed E-state index contributed by atoms with van der Waals surface area (Å²) in [6.07, 6.45) is 1.97. The lowest BCUT2D eigenvalue weighted by atomic mass is 9.70. The summed E-state index contributed by atoms with van der Waals surface area (Å²) >= 11 is 1.83. The fourth-order valence-corrected chi connectivity index (χ4v) is 6.22. The van der Waals surface area contributed by atoms with Crippen molar-refractivity contribution in [2.75, 3.05) is 5.75 Å². The summed E-state index contributed by atoms with van der Waals surface area (Å²) in [6.45, 7) is 10.4. The Morgan fingerprint density at radius 3 is 2.17 bits per heavy atom. The van der Waals surface area contributed by atoms with Gasteiger partial charge < -0.3 is 0 Å². The van der Waals surface area contributed by atoms with E-state index in [2.05, 4.69) is 26.2 Å². The van der Waals surface area contributed by atoms with Crippen molar-refractivity contribution >= 4 is 27.2 Å². The van der Waals surface area contributed by atoms with Crippen LogP contribution in [0.2, 0.25) is 0 Å². The highest BCUT2D eigenvalue weighted by atomic mass is 32.2. The first-order chi connectivity index (χ1) is 10.4. The fourth-order valence-electron chi connectivity index (χ4n) is 4.05. The van der Waals surface area contributed by atoms with Crippen LogP contribution in [0.25, 0.3) is 0 Å². The van der Waals surface area contributed by atoms with Gasteiger partial charge in [-0.2, -0.15) is 8.42 Å². The van der Waals surface area contributed by atoms with Gasteiger partial charge in [-0.25, -0.2) is 0 Å². The molecule has 2 aliphatic rings. The first-order valence-electron chi connectivity index (χ1n) is 7.90. The maximum atomic E-state index is 11.9. The smallest absolute Gasteiger partial charge is 0.265 e. The lowest BCUT2D eigenvalue weighted by Gasteiger charge is -2.35. The van der Waals surface area contributed by atoms with Crippen LogP contribution in [0, 0.1) is 37.5 Å². The molecule has 2 saturated carbocycles. The van der Waals surface area contributed by atoms with Crippen LogP contribution in [-0.4, -0.2) is 24.5 Å². The second-order valence-corrected chi connectivity index (χ2v) is 10.0. The van der Waals surface area contributed by atoms with Gasteiger partial charge in [0.1, 0.15) is 5.78 Å². The predicted molar refractivity (Wildman–Crippen MR) is 93.5 cm³/mol. The molecule has 2 atom stereocenters. The maximum absolute atomic E-state index is 11.9. The van der Waals surface area contributed by atoms with E-state index in [1.165, 1.54) is 16.0 Å². The molecule has 4 nitrogen and oxygen atoms in total. The largest absolute Gasteiger partial charge is 0.299 e. The van der Waals surface area contributed by atoms with Crippen molar-refractivity contribution in [3.8, 4) is 0 Å². The molecule has 0 spiro atoms. The monoisotopic (exact) mass is 358 g/mol. The second kappa shape index (κ2) is 5.97. The van der Waals surface area contributed by atoms with Crippen LogP contribution in [0.5, 0.6) is 0 Å². The average Bonchev–Trinajstić information content (AvgIpc) is 2.89. The number of hydrogen-bond donors (Lipinski definition) is 1. The third kappa shape index (κ3) is 3.26. The highest BCUT2D eigenvalue weighted by molar-refractivity contribution is 7.85. The lowest BCUT2D eigenvalue weighted by molar-refractivity contribution is -0.128. The summed E-state index contributed by atoms with van der Waals surface area (Å²) in [5.74, 6) is -0.101. The number of hydrogen-bond acceptors (Lipinski definition) is 4. The van der Waals surface area contributed by atoms with E-state index in [0.717, 1.165) is 6.42 Å². The number of fused-ring (bicyclic) bond motifs is 2. The van der Waals surface area contributed by atoms with Gasteiger partial charge in [0.25, 0.3) is 10.1 Å². The molecule has 1 aromatic heterocycles. The summed E-state index contributed by atoms with van der Waals surface area (Å²) in [5, 5.41) is 2.20. The molecule has 1 N–H and O–H groups in total. The number of carbonyl (C=O) groups excluding carboxylic acids is 1. The van der Waals surface area contributed by atoms with Gasteiger partial charge in [0.15, 0.2) is 0 Å². The average molecular weight is 359 g/mol. The fraction of sp³-hybridized carbons (Fsp3) is 0.706. The maximum Gasteiger partial charge on any atom is 0.265 e. The Kier molecular flexibility index (Phi) is 4.83. The van der Waals surface area contributed by atoms with Gasteiger partial charge >= 0.3 is 0 Å². The number of carbonyl (C=O) groups is 1. The summed E-state index contributed by atoms with van der Waals surface area (Å²) in [4.78, 5) is 13.3. The van der Waals surface area contributed by atoms with Gasteiger partial charge in [0, 0.05) is 11.3 Å². The van der Waals surface area contributed by atoms with Crippen LogP contribution in [0.1, 0.15) is 49.1 Å². The van der Waals surface area contributed by atoms with E-state index >= 15 is 0 Å². The topological polar surface area (TPSA) is 71.4 Å². The Morgan fingerprint density at radius 2 is 1.91 bits per heavy atom. The van der Waals surface area contributed by atoms with Crippen molar-refractivity contribution in [3.63, 3.8) is 0 Å². The molecular formula is C17H26O4S2. The Hall–Kier alpha value is -0.720. The molecule has 23 heavy (non-hydrogen) atoms. The van der Waals surface area contributed by atoms with E-state index in [4.69, 9.17) is 4.55 Å². The van der Waals surface area contributed by atoms with E-state index in [1.807, 2.05) is 25.2 Å².